The van der Waals surface area contributed by atoms with Gasteiger partial charge in [-0.15, -0.1) is 5.10 Å². The predicted molar refractivity (Wildman–Crippen MR) is 87.8 cm³/mol. The summed E-state index contributed by atoms with van der Waals surface area (Å²) in [6.45, 7) is 6.60. The molecule has 2 unspecified atom stereocenters. The van der Waals surface area contributed by atoms with Crippen molar-refractivity contribution in [2.24, 2.45) is 5.92 Å². The first-order valence-corrected chi connectivity index (χ1v) is 8.01. The summed E-state index contributed by atoms with van der Waals surface area (Å²) in [5.41, 5.74) is 0.738. The van der Waals surface area contributed by atoms with Gasteiger partial charge in [0.05, 0.1) is 18.3 Å². The molecule has 1 aromatic carbocycles. The molecule has 0 spiro atoms. The first-order valence-electron chi connectivity index (χ1n) is 8.01. The number of carbonyl (C=O) groups is 1. The second-order valence-corrected chi connectivity index (χ2v) is 6.31. The molecule has 1 amide bonds. The molecule has 0 bridgehead atoms. The van der Waals surface area contributed by atoms with Gasteiger partial charge in [0.1, 0.15) is 5.82 Å². The molecule has 6 nitrogen and oxygen atoms in total. The van der Waals surface area contributed by atoms with Crippen molar-refractivity contribution >= 4 is 5.91 Å². The SMILES string of the molecule is CC(C)CCn1cc(C(=O)NC(C)C(O)c2ccc(F)cc2)nn1. The topological polar surface area (TPSA) is 80.0 Å². The van der Waals surface area contributed by atoms with Crippen molar-refractivity contribution in [3.05, 3.63) is 47.5 Å². The summed E-state index contributed by atoms with van der Waals surface area (Å²) in [6, 6.07) is 4.97. The molecule has 0 aliphatic rings. The van der Waals surface area contributed by atoms with Gasteiger partial charge < -0.3 is 10.4 Å². The number of hydrogen-bond acceptors (Lipinski definition) is 4. The molecule has 2 rings (SSSR count). The van der Waals surface area contributed by atoms with Gasteiger partial charge in [-0.2, -0.15) is 0 Å². The Balaban J connectivity index is 1.94. The van der Waals surface area contributed by atoms with Crippen LogP contribution in [0.25, 0.3) is 0 Å². The Morgan fingerprint density at radius 2 is 1.96 bits per heavy atom. The average Bonchev–Trinajstić information content (AvgIpc) is 3.02. The van der Waals surface area contributed by atoms with E-state index in [4.69, 9.17) is 0 Å². The molecule has 2 N–H and O–H groups in total. The number of aliphatic hydroxyl groups excluding tert-OH is 1. The third-order valence-electron chi connectivity index (χ3n) is 3.75. The molecule has 130 valence electrons. The summed E-state index contributed by atoms with van der Waals surface area (Å²) in [6.07, 6.45) is 1.60. The maximum absolute atomic E-state index is 12.9. The standard InChI is InChI=1S/C17H23FN4O2/c1-11(2)8-9-22-10-15(20-21-22)17(24)19-12(3)16(23)13-4-6-14(18)7-5-13/h4-7,10-12,16,23H,8-9H2,1-3H3,(H,19,24). The predicted octanol–water partition coefficient (Wildman–Crippen LogP) is 2.32. The fraction of sp³-hybridized carbons (Fsp3) is 0.471. The van der Waals surface area contributed by atoms with Gasteiger partial charge in [-0.25, -0.2) is 4.39 Å². The van der Waals surface area contributed by atoms with Crippen molar-refractivity contribution < 1.29 is 14.3 Å². The highest BCUT2D eigenvalue weighted by Gasteiger charge is 2.20. The van der Waals surface area contributed by atoms with Gasteiger partial charge in [0.2, 0.25) is 0 Å². The number of nitrogens with zero attached hydrogens (tertiary/aromatic N) is 3. The van der Waals surface area contributed by atoms with Gasteiger partial charge in [0, 0.05) is 6.54 Å². The monoisotopic (exact) mass is 334 g/mol. The van der Waals surface area contributed by atoms with Crippen LogP contribution in [-0.4, -0.2) is 32.0 Å². The van der Waals surface area contributed by atoms with E-state index in [-0.39, 0.29) is 11.5 Å². The zero-order valence-electron chi connectivity index (χ0n) is 14.1. The number of halogens is 1. The molecule has 0 aliphatic heterocycles. The van der Waals surface area contributed by atoms with E-state index in [0.717, 1.165) is 6.42 Å². The van der Waals surface area contributed by atoms with Gasteiger partial charge in [0.25, 0.3) is 5.91 Å². The number of hydrogen-bond donors (Lipinski definition) is 2. The van der Waals surface area contributed by atoms with Crippen molar-refractivity contribution in [2.75, 3.05) is 0 Å². The molecule has 7 heteroatoms. The largest absolute Gasteiger partial charge is 0.386 e. The minimum Gasteiger partial charge on any atom is -0.386 e. The van der Waals surface area contributed by atoms with Crippen LogP contribution in [0.3, 0.4) is 0 Å². The minimum absolute atomic E-state index is 0.205. The normalized spacial score (nSPS) is 13.8. The fourth-order valence-electron chi connectivity index (χ4n) is 2.21. The Bertz CT molecular complexity index is 669. The third-order valence-corrected chi connectivity index (χ3v) is 3.75. The van der Waals surface area contributed by atoms with Crippen LogP contribution in [0.15, 0.2) is 30.5 Å². The van der Waals surface area contributed by atoms with Gasteiger partial charge in [-0.1, -0.05) is 31.2 Å². The first kappa shape index (κ1) is 18.1. The van der Waals surface area contributed by atoms with Crippen molar-refractivity contribution in [1.29, 1.82) is 0 Å². The van der Waals surface area contributed by atoms with E-state index in [2.05, 4.69) is 29.5 Å². The molecule has 1 heterocycles. The van der Waals surface area contributed by atoms with Crippen LogP contribution in [0.1, 0.15) is 49.3 Å². The molecule has 2 atom stereocenters. The molecular formula is C17H23FN4O2. The summed E-state index contributed by atoms with van der Waals surface area (Å²) < 4.78 is 14.6. The lowest BCUT2D eigenvalue weighted by atomic mass is 10.0. The van der Waals surface area contributed by atoms with Crippen LogP contribution in [0.4, 0.5) is 4.39 Å². The Morgan fingerprint density at radius 1 is 1.29 bits per heavy atom. The highest BCUT2D eigenvalue weighted by atomic mass is 19.1. The number of aromatic nitrogens is 3. The number of carbonyl (C=O) groups excluding carboxylic acids is 1. The van der Waals surface area contributed by atoms with Gasteiger partial charge >= 0.3 is 0 Å². The number of aryl methyl sites for hydroxylation is 1. The van der Waals surface area contributed by atoms with Crippen molar-refractivity contribution in [3.63, 3.8) is 0 Å². The van der Waals surface area contributed by atoms with E-state index in [1.807, 2.05) is 0 Å². The zero-order chi connectivity index (χ0) is 17.7. The smallest absolute Gasteiger partial charge is 0.273 e. The lowest BCUT2D eigenvalue weighted by Gasteiger charge is -2.20. The Hall–Kier alpha value is -2.28. The Kier molecular flexibility index (Phi) is 6.03. The lowest BCUT2D eigenvalue weighted by Crippen LogP contribution is -2.37. The van der Waals surface area contributed by atoms with Crippen LogP contribution < -0.4 is 5.32 Å². The summed E-state index contributed by atoms with van der Waals surface area (Å²) >= 11 is 0. The van der Waals surface area contributed by atoms with E-state index in [1.165, 1.54) is 24.3 Å². The molecular weight excluding hydrogens is 311 g/mol. The Morgan fingerprint density at radius 3 is 2.58 bits per heavy atom. The third kappa shape index (κ3) is 4.86. The maximum Gasteiger partial charge on any atom is 0.273 e. The van der Waals surface area contributed by atoms with Crippen LogP contribution >= 0.6 is 0 Å². The number of rotatable bonds is 7. The second kappa shape index (κ2) is 8.01. The summed E-state index contributed by atoms with van der Waals surface area (Å²) in [4.78, 5) is 12.2. The number of amides is 1. The molecule has 0 fully saturated rings. The Labute approximate surface area is 140 Å². The highest BCUT2D eigenvalue weighted by Crippen LogP contribution is 2.17. The van der Waals surface area contributed by atoms with E-state index in [1.54, 1.807) is 17.8 Å². The molecule has 0 saturated heterocycles. The first-order chi connectivity index (χ1) is 11.4. The highest BCUT2D eigenvalue weighted by molar-refractivity contribution is 5.92. The molecule has 1 aromatic heterocycles. The fourth-order valence-corrected chi connectivity index (χ4v) is 2.21. The molecule has 0 saturated carbocycles. The van der Waals surface area contributed by atoms with Crippen LogP contribution in [0.2, 0.25) is 0 Å². The van der Waals surface area contributed by atoms with E-state index >= 15 is 0 Å². The van der Waals surface area contributed by atoms with Crippen LogP contribution in [0, 0.1) is 11.7 Å². The van der Waals surface area contributed by atoms with Crippen LogP contribution in [-0.2, 0) is 6.54 Å². The van der Waals surface area contributed by atoms with E-state index in [0.29, 0.717) is 18.0 Å². The van der Waals surface area contributed by atoms with Crippen molar-refractivity contribution in [1.82, 2.24) is 20.3 Å². The lowest BCUT2D eigenvalue weighted by molar-refractivity contribution is 0.0847. The molecule has 0 radical (unpaired) electrons. The average molecular weight is 334 g/mol. The van der Waals surface area contributed by atoms with Crippen molar-refractivity contribution in [3.8, 4) is 0 Å². The summed E-state index contributed by atoms with van der Waals surface area (Å²) in [5, 5.41) is 20.7. The summed E-state index contributed by atoms with van der Waals surface area (Å²) in [7, 11) is 0. The number of nitrogens with one attached hydrogen (secondary N) is 1. The quantitative estimate of drug-likeness (QED) is 0.814. The van der Waals surface area contributed by atoms with Crippen LogP contribution in [0.5, 0.6) is 0 Å². The van der Waals surface area contributed by atoms with E-state index < -0.39 is 18.1 Å². The van der Waals surface area contributed by atoms with Crippen molar-refractivity contribution in [2.45, 2.75) is 45.9 Å². The second-order valence-electron chi connectivity index (χ2n) is 6.31. The molecule has 2 aromatic rings. The van der Waals surface area contributed by atoms with E-state index in [9.17, 15) is 14.3 Å². The zero-order valence-corrected chi connectivity index (χ0v) is 14.1. The summed E-state index contributed by atoms with van der Waals surface area (Å²) in [5.74, 6) is -0.238. The van der Waals surface area contributed by atoms with Gasteiger partial charge in [-0.3, -0.25) is 9.48 Å². The number of aliphatic hydroxyl groups is 1. The molecule has 24 heavy (non-hydrogen) atoms. The number of benzene rings is 1. The molecule has 0 aliphatic carbocycles. The minimum atomic E-state index is -0.939. The van der Waals surface area contributed by atoms with Gasteiger partial charge in [-0.05, 0) is 37.0 Å². The maximum atomic E-state index is 12.9. The van der Waals surface area contributed by atoms with Gasteiger partial charge in [0.15, 0.2) is 5.69 Å².